The highest BCUT2D eigenvalue weighted by Crippen LogP contribution is 2.22. The number of aromatic nitrogens is 1. The van der Waals surface area contributed by atoms with Crippen molar-refractivity contribution in [1.29, 1.82) is 0 Å². The zero-order chi connectivity index (χ0) is 18.6. The van der Waals surface area contributed by atoms with Crippen molar-refractivity contribution < 1.29 is 18.3 Å². The fraction of sp³-hybridized carbons (Fsp3) is 0.235. The molecule has 132 valence electrons. The molecule has 0 bridgehead atoms. The van der Waals surface area contributed by atoms with Crippen LogP contribution in [-0.4, -0.2) is 22.4 Å². The predicted octanol–water partition coefficient (Wildman–Crippen LogP) is 4.40. The second-order valence-corrected chi connectivity index (χ2v) is 6.91. The second kappa shape index (κ2) is 7.69. The molecule has 0 aliphatic carbocycles. The van der Waals surface area contributed by atoms with E-state index in [1.165, 1.54) is 12.4 Å². The average Bonchev–Trinajstić information content (AvgIpc) is 2.51. The monoisotopic (exact) mass is 411 g/mol. The van der Waals surface area contributed by atoms with Crippen molar-refractivity contribution in [2.75, 3.05) is 0 Å². The number of carbonyl (C=O) groups excluding carboxylic acids is 1. The number of hydrazone groups is 1. The normalized spacial score (nSPS) is 12.0. The topological polar surface area (TPSA) is 63.6 Å². The van der Waals surface area contributed by atoms with Gasteiger partial charge in [0, 0.05) is 23.5 Å². The number of hydrogen-bond donors (Lipinski definition) is 1. The first kappa shape index (κ1) is 19.0. The van der Waals surface area contributed by atoms with Crippen LogP contribution in [0.5, 0.6) is 0 Å². The summed E-state index contributed by atoms with van der Waals surface area (Å²) in [7, 11) is 0. The average molecular weight is 412 g/mol. The molecular weight excluding hydrogens is 396 g/mol. The maximum Gasteiger partial charge on any atom is 0.428 e. The van der Waals surface area contributed by atoms with E-state index in [2.05, 4.69) is 31.4 Å². The molecular formula is C17H16BrF2N3O2. The summed E-state index contributed by atoms with van der Waals surface area (Å²) in [6.07, 6.45) is 2.15. The van der Waals surface area contributed by atoms with Gasteiger partial charge in [0.25, 0.3) is 0 Å². The predicted molar refractivity (Wildman–Crippen MR) is 93.3 cm³/mol. The summed E-state index contributed by atoms with van der Waals surface area (Å²) in [6, 6.07) is 5.12. The summed E-state index contributed by atoms with van der Waals surface area (Å²) in [6.45, 7) is 5.09. The lowest BCUT2D eigenvalue weighted by Crippen LogP contribution is -2.30. The van der Waals surface area contributed by atoms with Crippen LogP contribution in [0.25, 0.3) is 0 Å². The van der Waals surface area contributed by atoms with Crippen LogP contribution in [0.1, 0.15) is 31.9 Å². The molecule has 0 fully saturated rings. The van der Waals surface area contributed by atoms with E-state index in [1.54, 1.807) is 32.9 Å². The maximum absolute atomic E-state index is 14.3. The van der Waals surface area contributed by atoms with Crippen LogP contribution in [0.3, 0.4) is 0 Å². The number of benzene rings is 1. The van der Waals surface area contributed by atoms with E-state index in [0.29, 0.717) is 5.56 Å². The van der Waals surface area contributed by atoms with Gasteiger partial charge in [-0.15, -0.1) is 0 Å². The maximum atomic E-state index is 14.3. The molecule has 0 saturated carbocycles. The molecule has 0 unspecified atom stereocenters. The number of hydrogen-bond acceptors (Lipinski definition) is 4. The number of carbonyl (C=O) groups is 1. The molecule has 0 aliphatic heterocycles. The summed E-state index contributed by atoms with van der Waals surface area (Å²) in [4.78, 5) is 15.7. The van der Waals surface area contributed by atoms with Gasteiger partial charge in [-0.05, 0) is 61.0 Å². The SMILES string of the molecule is CC(C)(C)OC(=O)NN=C(c1ccncc1)c1cc(F)c(Br)cc1F. The highest BCUT2D eigenvalue weighted by Gasteiger charge is 2.18. The first-order chi connectivity index (χ1) is 11.7. The number of nitrogens with one attached hydrogen (secondary N) is 1. The summed E-state index contributed by atoms with van der Waals surface area (Å²) < 4.78 is 33.3. The number of halogens is 3. The van der Waals surface area contributed by atoms with Crippen LogP contribution in [0.4, 0.5) is 13.6 Å². The van der Waals surface area contributed by atoms with Crippen LogP contribution in [0.2, 0.25) is 0 Å². The van der Waals surface area contributed by atoms with E-state index in [9.17, 15) is 13.6 Å². The Labute approximate surface area is 152 Å². The molecule has 0 saturated heterocycles. The van der Waals surface area contributed by atoms with Gasteiger partial charge >= 0.3 is 6.09 Å². The van der Waals surface area contributed by atoms with Gasteiger partial charge in [-0.3, -0.25) is 4.98 Å². The Morgan fingerprint density at radius 2 is 1.84 bits per heavy atom. The van der Waals surface area contributed by atoms with Gasteiger partial charge < -0.3 is 4.74 Å². The number of ether oxygens (including phenoxy) is 1. The molecule has 0 atom stereocenters. The molecule has 2 aromatic rings. The van der Waals surface area contributed by atoms with Crippen molar-refractivity contribution in [2.24, 2.45) is 5.10 Å². The van der Waals surface area contributed by atoms with Crippen LogP contribution < -0.4 is 5.43 Å². The fourth-order valence-electron chi connectivity index (χ4n) is 1.90. The largest absolute Gasteiger partial charge is 0.443 e. The molecule has 5 nitrogen and oxygen atoms in total. The minimum Gasteiger partial charge on any atom is -0.443 e. The summed E-state index contributed by atoms with van der Waals surface area (Å²) in [5, 5.41) is 3.92. The van der Waals surface area contributed by atoms with E-state index >= 15 is 0 Å². The second-order valence-electron chi connectivity index (χ2n) is 6.06. The smallest absolute Gasteiger partial charge is 0.428 e. The molecule has 8 heteroatoms. The molecule has 0 spiro atoms. The summed E-state index contributed by atoms with van der Waals surface area (Å²) in [5.41, 5.74) is 1.87. The minimum atomic E-state index is -0.808. The van der Waals surface area contributed by atoms with Gasteiger partial charge in [0.2, 0.25) is 0 Å². The van der Waals surface area contributed by atoms with Gasteiger partial charge in [-0.1, -0.05) is 0 Å². The van der Waals surface area contributed by atoms with E-state index in [4.69, 9.17) is 4.74 Å². The molecule has 1 heterocycles. The van der Waals surface area contributed by atoms with Crippen molar-refractivity contribution in [3.63, 3.8) is 0 Å². The number of pyridine rings is 1. The molecule has 1 aromatic carbocycles. The van der Waals surface area contributed by atoms with E-state index < -0.39 is 23.3 Å². The Bertz CT molecular complexity index is 806. The lowest BCUT2D eigenvalue weighted by molar-refractivity contribution is 0.0529. The lowest BCUT2D eigenvalue weighted by atomic mass is 10.0. The standard InChI is InChI=1S/C17H16BrF2N3O2/c1-17(2,3)25-16(24)23-22-15(10-4-6-21-7-5-10)11-8-14(20)12(18)9-13(11)19/h4-9H,1-3H3,(H,23,24). The van der Waals surface area contributed by atoms with Crippen LogP contribution in [0, 0.1) is 11.6 Å². The van der Waals surface area contributed by atoms with Crippen LogP contribution >= 0.6 is 15.9 Å². The van der Waals surface area contributed by atoms with Gasteiger partial charge in [-0.2, -0.15) is 5.10 Å². The molecule has 1 N–H and O–H groups in total. The van der Waals surface area contributed by atoms with Crippen molar-refractivity contribution in [1.82, 2.24) is 10.4 Å². The number of amides is 1. The molecule has 1 aromatic heterocycles. The molecule has 0 aliphatic rings. The quantitative estimate of drug-likeness (QED) is 0.462. The number of nitrogens with zero attached hydrogens (tertiary/aromatic N) is 2. The van der Waals surface area contributed by atoms with Crippen molar-refractivity contribution in [3.05, 3.63) is 63.9 Å². The Balaban J connectivity index is 2.43. The van der Waals surface area contributed by atoms with Gasteiger partial charge in [0.1, 0.15) is 22.9 Å². The first-order valence-electron chi connectivity index (χ1n) is 7.29. The van der Waals surface area contributed by atoms with Crippen molar-refractivity contribution in [2.45, 2.75) is 26.4 Å². The highest BCUT2D eigenvalue weighted by atomic mass is 79.9. The molecule has 1 amide bonds. The van der Waals surface area contributed by atoms with Gasteiger partial charge in [0.15, 0.2) is 0 Å². The Hall–Kier alpha value is -2.35. The van der Waals surface area contributed by atoms with Gasteiger partial charge in [-0.25, -0.2) is 19.0 Å². The summed E-state index contributed by atoms with van der Waals surface area (Å²) >= 11 is 2.93. The highest BCUT2D eigenvalue weighted by molar-refractivity contribution is 9.10. The van der Waals surface area contributed by atoms with E-state index in [-0.39, 0.29) is 15.7 Å². The third-order valence-corrected chi connectivity index (χ3v) is 3.48. The minimum absolute atomic E-state index is 0.0112. The Morgan fingerprint density at radius 3 is 2.44 bits per heavy atom. The van der Waals surface area contributed by atoms with Crippen LogP contribution in [0.15, 0.2) is 46.2 Å². The van der Waals surface area contributed by atoms with Crippen molar-refractivity contribution in [3.8, 4) is 0 Å². The fourth-order valence-corrected chi connectivity index (χ4v) is 2.21. The first-order valence-corrected chi connectivity index (χ1v) is 8.08. The zero-order valence-electron chi connectivity index (χ0n) is 13.8. The lowest BCUT2D eigenvalue weighted by Gasteiger charge is -2.18. The van der Waals surface area contributed by atoms with E-state index in [1.807, 2.05) is 0 Å². The van der Waals surface area contributed by atoms with Gasteiger partial charge in [0.05, 0.1) is 4.47 Å². The van der Waals surface area contributed by atoms with Crippen LogP contribution in [-0.2, 0) is 4.74 Å². The van der Waals surface area contributed by atoms with Crippen molar-refractivity contribution >= 4 is 27.7 Å². The Morgan fingerprint density at radius 1 is 1.20 bits per heavy atom. The summed E-state index contributed by atoms with van der Waals surface area (Å²) in [5.74, 6) is -1.36. The third-order valence-electron chi connectivity index (χ3n) is 2.88. The Kier molecular flexibility index (Phi) is 5.84. The van der Waals surface area contributed by atoms with E-state index in [0.717, 1.165) is 12.1 Å². The molecule has 25 heavy (non-hydrogen) atoms. The third kappa shape index (κ3) is 5.32. The molecule has 0 radical (unpaired) electrons. The zero-order valence-corrected chi connectivity index (χ0v) is 15.4. The number of rotatable bonds is 3. The molecule has 2 rings (SSSR count).